The summed E-state index contributed by atoms with van der Waals surface area (Å²) in [5, 5.41) is 9.17. The van der Waals surface area contributed by atoms with Crippen molar-refractivity contribution >= 4 is 0 Å². The van der Waals surface area contributed by atoms with Crippen LogP contribution in [0.1, 0.15) is 43.9 Å². The van der Waals surface area contributed by atoms with Crippen LogP contribution < -0.4 is 4.74 Å². The number of para-hydroxylation sites is 1. The summed E-state index contributed by atoms with van der Waals surface area (Å²) < 4.78 is 5.91. The molecule has 0 saturated heterocycles. The Labute approximate surface area is 127 Å². The smallest absolute Gasteiger partial charge is 0.148 e. The quantitative estimate of drug-likeness (QED) is 0.756. The molecule has 0 bridgehead atoms. The maximum absolute atomic E-state index is 9.17. The van der Waals surface area contributed by atoms with Gasteiger partial charge in [-0.05, 0) is 48.1 Å². The first-order valence-corrected chi connectivity index (χ1v) is 7.26. The Morgan fingerprint density at radius 2 is 1.76 bits per heavy atom. The van der Waals surface area contributed by atoms with E-state index in [9.17, 15) is 5.26 Å². The number of aryl methyl sites for hydroxylation is 1. The van der Waals surface area contributed by atoms with Gasteiger partial charge >= 0.3 is 0 Å². The van der Waals surface area contributed by atoms with Crippen molar-refractivity contribution in [2.45, 2.75) is 39.5 Å². The SMILES string of the molecule is CCC(C)(C)c1ccc(Oc2c(C)cccc2C#N)cc1. The minimum absolute atomic E-state index is 0.166. The van der Waals surface area contributed by atoms with Gasteiger partial charge in [0.1, 0.15) is 17.6 Å². The third-order valence-electron chi connectivity index (χ3n) is 4.07. The van der Waals surface area contributed by atoms with Crippen LogP contribution in [0, 0.1) is 18.3 Å². The molecule has 0 radical (unpaired) electrons. The van der Waals surface area contributed by atoms with E-state index in [-0.39, 0.29) is 5.41 Å². The highest BCUT2D eigenvalue weighted by Crippen LogP contribution is 2.31. The van der Waals surface area contributed by atoms with Crippen LogP contribution in [0.25, 0.3) is 0 Å². The number of nitriles is 1. The van der Waals surface area contributed by atoms with Crippen molar-refractivity contribution in [1.29, 1.82) is 5.26 Å². The number of rotatable bonds is 4. The maximum Gasteiger partial charge on any atom is 0.148 e. The average Bonchev–Trinajstić information content (AvgIpc) is 2.50. The third kappa shape index (κ3) is 3.25. The van der Waals surface area contributed by atoms with Gasteiger partial charge in [0.15, 0.2) is 0 Å². The Morgan fingerprint density at radius 1 is 1.10 bits per heavy atom. The molecule has 0 unspecified atom stereocenters. The highest BCUT2D eigenvalue weighted by molar-refractivity contribution is 5.50. The fourth-order valence-electron chi connectivity index (χ4n) is 2.17. The third-order valence-corrected chi connectivity index (χ3v) is 4.07. The molecule has 0 fully saturated rings. The van der Waals surface area contributed by atoms with Crippen LogP contribution in [0.15, 0.2) is 42.5 Å². The Kier molecular flexibility index (Phi) is 4.33. The van der Waals surface area contributed by atoms with E-state index in [2.05, 4.69) is 39.0 Å². The molecule has 2 rings (SSSR count). The number of benzene rings is 2. The van der Waals surface area contributed by atoms with Crippen LogP contribution in [-0.4, -0.2) is 0 Å². The van der Waals surface area contributed by atoms with Crippen molar-refractivity contribution in [3.63, 3.8) is 0 Å². The van der Waals surface area contributed by atoms with E-state index in [0.717, 1.165) is 17.7 Å². The Balaban J connectivity index is 2.28. The first kappa shape index (κ1) is 15.1. The Hall–Kier alpha value is -2.27. The second-order valence-electron chi connectivity index (χ2n) is 5.93. The molecule has 2 aromatic rings. The first-order chi connectivity index (χ1) is 9.97. The van der Waals surface area contributed by atoms with Crippen molar-refractivity contribution in [3.05, 3.63) is 59.2 Å². The lowest BCUT2D eigenvalue weighted by Crippen LogP contribution is -2.14. The van der Waals surface area contributed by atoms with Crippen LogP contribution in [0.4, 0.5) is 0 Å². The summed E-state index contributed by atoms with van der Waals surface area (Å²) >= 11 is 0. The molecule has 2 heteroatoms. The molecular formula is C19H21NO. The molecule has 0 aromatic heterocycles. The van der Waals surface area contributed by atoms with Gasteiger partial charge < -0.3 is 4.74 Å². The second kappa shape index (κ2) is 6.01. The first-order valence-electron chi connectivity index (χ1n) is 7.26. The minimum atomic E-state index is 0.166. The van der Waals surface area contributed by atoms with Crippen LogP contribution >= 0.6 is 0 Å². The molecule has 0 saturated carbocycles. The van der Waals surface area contributed by atoms with Crippen molar-refractivity contribution in [1.82, 2.24) is 0 Å². The summed E-state index contributed by atoms with van der Waals surface area (Å²) in [7, 11) is 0. The fourth-order valence-corrected chi connectivity index (χ4v) is 2.17. The van der Waals surface area contributed by atoms with E-state index >= 15 is 0 Å². The Bertz CT molecular complexity index is 663. The predicted molar refractivity (Wildman–Crippen MR) is 85.7 cm³/mol. The molecule has 0 aliphatic carbocycles. The molecule has 2 nitrogen and oxygen atoms in total. The fraction of sp³-hybridized carbons (Fsp3) is 0.316. The summed E-state index contributed by atoms with van der Waals surface area (Å²) in [5.41, 5.74) is 2.99. The zero-order valence-corrected chi connectivity index (χ0v) is 13.1. The molecule has 0 atom stereocenters. The lowest BCUT2D eigenvalue weighted by Gasteiger charge is -2.23. The molecular weight excluding hydrogens is 258 g/mol. The van der Waals surface area contributed by atoms with E-state index in [1.165, 1.54) is 5.56 Å². The molecule has 0 aliphatic heterocycles. The second-order valence-corrected chi connectivity index (χ2v) is 5.93. The largest absolute Gasteiger partial charge is 0.456 e. The van der Waals surface area contributed by atoms with Gasteiger partial charge in [0, 0.05) is 0 Å². The van der Waals surface area contributed by atoms with Crippen LogP contribution in [-0.2, 0) is 5.41 Å². The summed E-state index contributed by atoms with van der Waals surface area (Å²) in [6.45, 7) is 8.61. The van der Waals surface area contributed by atoms with Gasteiger partial charge in [-0.15, -0.1) is 0 Å². The highest BCUT2D eigenvalue weighted by Gasteiger charge is 2.17. The molecule has 21 heavy (non-hydrogen) atoms. The molecule has 0 heterocycles. The number of hydrogen-bond acceptors (Lipinski definition) is 2. The molecule has 0 spiro atoms. The topological polar surface area (TPSA) is 33.0 Å². The van der Waals surface area contributed by atoms with E-state index in [4.69, 9.17) is 4.74 Å². The van der Waals surface area contributed by atoms with Gasteiger partial charge in [0.05, 0.1) is 5.56 Å². The zero-order valence-electron chi connectivity index (χ0n) is 13.1. The van der Waals surface area contributed by atoms with Gasteiger partial charge in [-0.2, -0.15) is 5.26 Å². The van der Waals surface area contributed by atoms with Gasteiger partial charge in [0.25, 0.3) is 0 Å². The highest BCUT2D eigenvalue weighted by atomic mass is 16.5. The monoisotopic (exact) mass is 279 g/mol. The average molecular weight is 279 g/mol. The maximum atomic E-state index is 9.17. The van der Waals surface area contributed by atoms with E-state index < -0.39 is 0 Å². The number of ether oxygens (including phenoxy) is 1. The van der Waals surface area contributed by atoms with Gasteiger partial charge in [-0.25, -0.2) is 0 Å². The lowest BCUT2D eigenvalue weighted by atomic mass is 9.82. The van der Waals surface area contributed by atoms with E-state index in [1.807, 2.05) is 31.2 Å². The number of hydrogen-bond donors (Lipinski definition) is 0. The minimum Gasteiger partial charge on any atom is -0.456 e. The summed E-state index contributed by atoms with van der Waals surface area (Å²) in [6.07, 6.45) is 1.09. The van der Waals surface area contributed by atoms with Gasteiger partial charge in [0.2, 0.25) is 0 Å². The molecule has 108 valence electrons. The Morgan fingerprint density at radius 3 is 2.33 bits per heavy atom. The van der Waals surface area contributed by atoms with Crippen molar-refractivity contribution in [3.8, 4) is 17.6 Å². The predicted octanol–water partition coefficient (Wildman–Crippen LogP) is 5.35. The van der Waals surface area contributed by atoms with E-state index in [1.54, 1.807) is 6.07 Å². The van der Waals surface area contributed by atoms with Crippen LogP contribution in [0.3, 0.4) is 0 Å². The van der Waals surface area contributed by atoms with Gasteiger partial charge in [-0.3, -0.25) is 0 Å². The normalized spacial score (nSPS) is 11.0. The van der Waals surface area contributed by atoms with E-state index in [0.29, 0.717) is 11.3 Å². The van der Waals surface area contributed by atoms with Crippen molar-refractivity contribution in [2.24, 2.45) is 0 Å². The number of nitrogens with zero attached hydrogens (tertiary/aromatic N) is 1. The molecule has 2 aromatic carbocycles. The van der Waals surface area contributed by atoms with Crippen molar-refractivity contribution < 1.29 is 4.74 Å². The molecule has 0 N–H and O–H groups in total. The summed E-state index contributed by atoms with van der Waals surface area (Å²) in [5.74, 6) is 1.40. The summed E-state index contributed by atoms with van der Waals surface area (Å²) in [6, 6.07) is 15.9. The van der Waals surface area contributed by atoms with Crippen molar-refractivity contribution in [2.75, 3.05) is 0 Å². The molecule has 0 aliphatic rings. The lowest BCUT2D eigenvalue weighted by molar-refractivity contribution is 0.473. The zero-order chi connectivity index (χ0) is 15.5. The standard InChI is InChI=1S/C19H21NO/c1-5-19(3,4)16-9-11-17(12-10-16)21-18-14(2)7-6-8-15(18)13-20/h6-12H,5H2,1-4H3. The van der Waals surface area contributed by atoms with Gasteiger partial charge in [-0.1, -0.05) is 45.0 Å². The van der Waals surface area contributed by atoms with Crippen LogP contribution in [0.2, 0.25) is 0 Å². The van der Waals surface area contributed by atoms with Crippen LogP contribution in [0.5, 0.6) is 11.5 Å². The molecule has 0 amide bonds. The summed E-state index contributed by atoms with van der Waals surface area (Å²) in [4.78, 5) is 0.